The molecule has 0 radical (unpaired) electrons. The van der Waals surface area contributed by atoms with E-state index in [0.717, 1.165) is 25.0 Å². The normalized spacial score (nSPS) is 26.3. The average molecular weight is 533 g/mol. The van der Waals surface area contributed by atoms with Gasteiger partial charge in [-0.25, -0.2) is 4.39 Å². The van der Waals surface area contributed by atoms with Gasteiger partial charge in [0.2, 0.25) is 6.29 Å². The van der Waals surface area contributed by atoms with Gasteiger partial charge in [-0.05, 0) is 49.4 Å². The summed E-state index contributed by atoms with van der Waals surface area (Å²) in [5, 5.41) is 31.3. The van der Waals surface area contributed by atoms with Gasteiger partial charge in [-0.1, -0.05) is 37.6 Å². The van der Waals surface area contributed by atoms with Crippen LogP contribution in [0.15, 0.2) is 54.5 Å². The van der Waals surface area contributed by atoms with Gasteiger partial charge in [-0.2, -0.15) is 0 Å². The predicted molar refractivity (Wildman–Crippen MR) is 134 cm³/mol. The van der Waals surface area contributed by atoms with Crippen LogP contribution in [0.25, 0.3) is 0 Å². The zero-order valence-corrected chi connectivity index (χ0v) is 21.7. The van der Waals surface area contributed by atoms with Crippen molar-refractivity contribution in [3.8, 4) is 0 Å². The molecule has 35 heavy (non-hydrogen) atoms. The monoisotopic (exact) mass is 532 g/mol. The molecule has 0 amide bonds. The molecule has 1 aliphatic rings. The lowest BCUT2D eigenvalue weighted by atomic mass is 9.97. The smallest absolute Gasteiger partial charge is 0.229 e. The maximum atomic E-state index is 14.0. The molecule has 1 heterocycles. The van der Waals surface area contributed by atoms with Gasteiger partial charge in [0, 0.05) is 31.3 Å². The molecule has 1 aromatic carbocycles. The van der Waals surface area contributed by atoms with Crippen LogP contribution in [0.4, 0.5) is 4.39 Å². The fourth-order valence-electron chi connectivity index (χ4n) is 3.54. The quantitative estimate of drug-likeness (QED) is 0.170. The highest BCUT2D eigenvalue weighted by molar-refractivity contribution is 7.50. The maximum absolute atomic E-state index is 14.0. The van der Waals surface area contributed by atoms with Gasteiger partial charge in [0.05, 0.1) is 19.0 Å². The van der Waals surface area contributed by atoms with Gasteiger partial charge >= 0.3 is 0 Å². The Morgan fingerprint density at radius 3 is 2.60 bits per heavy atom. The average Bonchev–Trinajstić information content (AvgIpc) is 2.84. The van der Waals surface area contributed by atoms with Crippen molar-refractivity contribution >= 4 is 19.7 Å². The van der Waals surface area contributed by atoms with Crippen molar-refractivity contribution in [2.45, 2.75) is 69.5 Å². The lowest BCUT2D eigenvalue weighted by Gasteiger charge is -2.40. The number of benzene rings is 1. The SMILES string of the molecule is C=C/C(=C\C=C(/CCCC)OC)O[C@H]1OC(CCP(O)Cc2c(F)cccc2Cl)[C@@H](O)C(O)C1O. The topological polar surface area (TPSA) is 109 Å². The Bertz CT molecular complexity index is 861. The molecule has 7 nitrogen and oxygen atoms in total. The molecule has 1 aliphatic heterocycles. The van der Waals surface area contributed by atoms with Crippen LogP contribution in [0.5, 0.6) is 0 Å². The molecule has 0 aliphatic carbocycles. The van der Waals surface area contributed by atoms with Crippen LogP contribution < -0.4 is 0 Å². The van der Waals surface area contributed by atoms with E-state index in [4.69, 9.17) is 25.8 Å². The summed E-state index contributed by atoms with van der Waals surface area (Å²) in [5.41, 5.74) is 0.229. The molecule has 4 unspecified atom stereocenters. The van der Waals surface area contributed by atoms with E-state index >= 15 is 0 Å². The highest BCUT2D eigenvalue weighted by Gasteiger charge is 2.44. The summed E-state index contributed by atoms with van der Waals surface area (Å²) in [6.07, 6.45) is 1.28. The van der Waals surface area contributed by atoms with Crippen molar-refractivity contribution in [1.82, 2.24) is 0 Å². The maximum Gasteiger partial charge on any atom is 0.229 e. The first kappa shape index (κ1) is 29.7. The molecule has 4 N–H and O–H groups in total. The van der Waals surface area contributed by atoms with Crippen molar-refractivity contribution in [3.05, 3.63) is 70.9 Å². The largest absolute Gasteiger partial charge is 0.501 e. The van der Waals surface area contributed by atoms with Crippen LogP contribution >= 0.6 is 19.7 Å². The molecular weight excluding hydrogens is 498 g/mol. The summed E-state index contributed by atoms with van der Waals surface area (Å²) in [4.78, 5) is 10.5. The molecular formula is C25H35ClFO7P. The lowest BCUT2D eigenvalue weighted by Crippen LogP contribution is -2.58. The Hall–Kier alpha value is -1.51. The summed E-state index contributed by atoms with van der Waals surface area (Å²) >= 11 is 6.03. The van der Waals surface area contributed by atoms with Crippen LogP contribution in [0.1, 0.15) is 38.2 Å². The van der Waals surface area contributed by atoms with Crippen molar-refractivity contribution in [1.29, 1.82) is 0 Å². The standard InChI is InChI=1S/C25H35ClFO7P/c1-4-6-8-17(32-3)12-11-16(5-2)33-25-24(30)23(29)22(28)21(34-25)13-14-35(31)15-18-19(26)9-7-10-20(18)27/h5,7,9-12,21-25,28-31H,2,4,6,8,13-15H2,1,3H3/b16-11+,17-12+/t21?,22-,23?,24?,25+,35?/m1/s1. The first-order chi connectivity index (χ1) is 16.7. The number of ether oxygens (including phenoxy) is 3. The Balaban J connectivity index is 2.03. The fraction of sp³-hybridized carbons (Fsp3) is 0.520. The third kappa shape index (κ3) is 8.83. The number of rotatable bonds is 13. The number of hydrogen-bond donors (Lipinski definition) is 4. The number of aliphatic hydroxyl groups is 3. The fourth-order valence-corrected chi connectivity index (χ4v) is 5.26. The molecule has 6 atom stereocenters. The second-order valence-electron chi connectivity index (χ2n) is 8.22. The van der Waals surface area contributed by atoms with Crippen molar-refractivity contribution < 1.29 is 38.8 Å². The third-order valence-corrected chi connectivity index (χ3v) is 7.48. The molecule has 2 rings (SSSR count). The zero-order chi connectivity index (χ0) is 26.0. The molecule has 10 heteroatoms. The number of hydrogen-bond acceptors (Lipinski definition) is 7. The second-order valence-corrected chi connectivity index (χ2v) is 10.4. The zero-order valence-electron chi connectivity index (χ0n) is 20.0. The van der Waals surface area contributed by atoms with E-state index in [1.807, 2.05) is 0 Å². The van der Waals surface area contributed by atoms with Crippen molar-refractivity contribution in [2.24, 2.45) is 0 Å². The van der Waals surface area contributed by atoms with Crippen LogP contribution in [0, 0.1) is 5.82 Å². The molecule has 196 valence electrons. The summed E-state index contributed by atoms with van der Waals surface area (Å²) in [6, 6.07) is 4.32. The highest BCUT2D eigenvalue weighted by atomic mass is 35.5. The van der Waals surface area contributed by atoms with E-state index in [1.54, 1.807) is 25.3 Å². The summed E-state index contributed by atoms with van der Waals surface area (Å²) in [5.74, 6) is 0.532. The number of methoxy groups -OCH3 is 1. The van der Waals surface area contributed by atoms with Crippen molar-refractivity contribution in [2.75, 3.05) is 13.3 Å². The van der Waals surface area contributed by atoms with Crippen molar-refractivity contribution in [3.63, 3.8) is 0 Å². The molecule has 1 aromatic rings. The van der Waals surface area contributed by atoms with E-state index in [2.05, 4.69) is 13.5 Å². The van der Waals surface area contributed by atoms with Gasteiger partial charge in [0.15, 0.2) is 0 Å². The lowest BCUT2D eigenvalue weighted by molar-refractivity contribution is -0.285. The molecule has 0 bridgehead atoms. The van der Waals surface area contributed by atoms with Gasteiger partial charge in [0.1, 0.15) is 29.9 Å². The minimum Gasteiger partial charge on any atom is -0.501 e. The molecule has 0 saturated carbocycles. The predicted octanol–water partition coefficient (Wildman–Crippen LogP) is 4.37. The van der Waals surface area contributed by atoms with E-state index < -0.39 is 44.7 Å². The third-order valence-electron chi connectivity index (χ3n) is 5.67. The summed E-state index contributed by atoms with van der Waals surface area (Å²) in [6.45, 7) is 5.78. The van der Waals surface area contributed by atoms with E-state index in [9.17, 15) is 24.6 Å². The van der Waals surface area contributed by atoms with Gasteiger partial charge < -0.3 is 34.4 Å². The molecule has 1 saturated heterocycles. The van der Waals surface area contributed by atoms with E-state index in [0.29, 0.717) is 0 Å². The van der Waals surface area contributed by atoms with Crippen LogP contribution in [-0.2, 0) is 20.4 Å². The Morgan fingerprint density at radius 1 is 1.23 bits per heavy atom. The van der Waals surface area contributed by atoms with Gasteiger partial charge in [-0.15, -0.1) is 0 Å². The first-order valence-corrected chi connectivity index (χ1v) is 13.6. The highest BCUT2D eigenvalue weighted by Crippen LogP contribution is 2.40. The van der Waals surface area contributed by atoms with Gasteiger partial charge in [0.25, 0.3) is 0 Å². The molecule has 0 aromatic heterocycles. The first-order valence-electron chi connectivity index (χ1n) is 11.5. The number of allylic oxidation sites excluding steroid dienone is 4. The minimum absolute atomic E-state index is 0.0459. The Kier molecular flexibility index (Phi) is 12.7. The number of aliphatic hydroxyl groups excluding tert-OH is 3. The molecule has 0 spiro atoms. The van der Waals surface area contributed by atoms with E-state index in [-0.39, 0.29) is 35.1 Å². The van der Waals surface area contributed by atoms with Crippen LogP contribution in [-0.4, -0.2) is 64.2 Å². The Labute approximate surface area is 212 Å². The molecule has 1 fully saturated rings. The number of halogens is 2. The second kappa shape index (κ2) is 14.9. The summed E-state index contributed by atoms with van der Waals surface area (Å²) in [7, 11) is -0.0831. The Morgan fingerprint density at radius 2 is 1.97 bits per heavy atom. The van der Waals surface area contributed by atoms with Gasteiger partial charge in [-0.3, -0.25) is 0 Å². The van der Waals surface area contributed by atoms with Crippen LogP contribution in [0.3, 0.4) is 0 Å². The summed E-state index contributed by atoms with van der Waals surface area (Å²) < 4.78 is 30.8. The van der Waals surface area contributed by atoms with Crippen LogP contribution in [0.2, 0.25) is 5.02 Å². The minimum atomic E-state index is -1.66. The number of unbranched alkanes of at least 4 members (excludes halogenated alkanes) is 1. The van der Waals surface area contributed by atoms with E-state index in [1.165, 1.54) is 18.2 Å².